The molecule has 0 heterocycles. The van der Waals surface area contributed by atoms with E-state index < -0.39 is 5.60 Å². The molecule has 0 aliphatic heterocycles. The normalized spacial score (nSPS) is 14.5. The lowest BCUT2D eigenvalue weighted by molar-refractivity contribution is 0.0479. The molecule has 1 aliphatic rings. The Morgan fingerprint density at radius 3 is 2.04 bits per heavy atom. The number of rotatable bonds is 6. The average molecular weight is 357 g/mol. The number of nitrogens with one attached hydrogen (secondary N) is 1. The summed E-state index contributed by atoms with van der Waals surface area (Å²) >= 11 is 0. The van der Waals surface area contributed by atoms with Gasteiger partial charge >= 0.3 is 0 Å². The topological polar surface area (TPSA) is 77.0 Å². The molecule has 6 nitrogen and oxygen atoms in total. The second kappa shape index (κ2) is 7.25. The van der Waals surface area contributed by atoms with Crippen molar-refractivity contribution in [3.63, 3.8) is 0 Å². The van der Waals surface area contributed by atoms with Crippen LogP contribution in [0.2, 0.25) is 0 Å². The van der Waals surface area contributed by atoms with E-state index in [1.54, 1.807) is 12.1 Å². The van der Waals surface area contributed by atoms with Crippen LogP contribution in [0.1, 0.15) is 21.5 Å². The highest BCUT2D eigenvalue weighted by atomic mass is 16.5. The Kier molecular flexibility index (Phi) is 5.04. The maximum absolute atomic E-state index is 12.6. The van der Waals surface area contributed by atoms with Crippen LogP contribution in [0.15, 0.2) is 36.4 Å². The Hall–Kier alpha value is -2.73. The first-order valence-electron chi connectivity index (χ1n) is 8.37. The largest absolute Gasteiger partial charge is 0.493 e. The van der Waals surface area contributed by atoms with Gasteiger partial charge in [0.15, 0.2) is 11.5 Å². The van der Waals surface area contributed by atoms with E-state index >= 15 is 0 Å². The van der Waals surface area contributed by atoms with Gasteiger partial charge in [-0.25, -0.2) is 0 Å². The van der Waals surface area contributed by atoms with Gasteiger partial charge in [0, 0.05) is 24.9 Å². The van der Waals surface area contributed by atoms with Crippen LogP contribution >= 0.6 is 0 Å². The smallest absolute Gasteiger partial charge is 0.251 e. The molecule has 138 valence electrons. The third-order valence-corrected chi connectivity index (χ3v) is 4.66. The van der Waals surface area contributed by atoms with Crippen LogP contribution in [-0.2, 0) is 12.8 Å². The van der Waals surface area contributed by atoms with Crippen LogP contribution in [0.4, 0.5) is 0 Å². The standard InChI is InChI=1S/C20H23NO5/c1-24-16-8-15(9-17(25-2)18(16)26-3)19(22)21-12-20(23)10-13-6-4-5-7-14(13)11-20/h4-9,23H,10-12H2,1-3H3,(H,21,22). The molecule has 0 spiro atoms. The SMILES string of the molecule is COc1cc(C(=O)NCC2(O)Cc3ccccc3C2)cc(OC)c1OC. The zero-order valence-corrected chi connectivity index (χ0v) is 15.2. The first-order chi connectivity index (χ1) is 12.5. The quantitative estimate of drug-likeness (QED) is 0.827. The van der Waals surface area contributed by atoms with Crippen LogP contribution < -0.4 is 19.5 Å². The summed E-state index contributed by atoms with van der Waals surface area (Å²) in [5, 5.41) is 13.6. The second-order valence-corrected chi connectivity index (χ2v) is 6.44. The van der Waals surface area contributed by atoms with Gasteiger partial charge in [-0.1, -0.05) is 24.3 Å². The zero-order chi connectivity index (χ0) is 18.7. The Bertz CT molecular complexity index is 768. The first-order valence-corrected chi connectivity index (χ1v) is 8.37. The van der Waals surface area contributed by atoms with Crippen molar-refractivity contribution in [3.8, 4) is 17.2 Å². The van der Waals surface area contributed by atoms with Crippen molar-refractivity contribution in [3.05, 3.63) is 53.1 Å². The van der Waals surface area contributed by atoms with Crippen LogP contribution in [0.3, 0.4) is 0 Å². The lowest BCUT2D eigenvalue weighted by Crippen LogP contribution is -2.43. The van der Waals surface area contributed by atoms with Gasteiger partial charge in [-0.3, -0.25) is 4.79 Å². The minimum atomic E-state index is -0.972. The summed E-state index contributed by atoms with van der Waals surface area (Å²) in [6.45, 7) is 0.164. The lowest BCUT2D eigenvalue weighted by Gasteiger charge is -2.23. The van der Waals surface area contributed by atoms with Crippen molar-refractivity contribution in [2.75, 3.05) is 27.9 Å². The van der Waals surface area contributed by atoms with E-state index in [1.165, 1.54) is 21.3 Å². The number of hydrogen-bond donors (Lipinski definition) is 2. The van der Waals surface area contributed by atoms with E-state index in [1.807, 2.05) is 24.3 Å². The molecule has 26 heavy (non-hydrogen) atoms. The van der Waals surface area contributed by atoms with Crippen molar-refractivity contribution in [1.82, 2.24) is 5.32 Å². The van der Waals surface area contributed by atoms with E-state index in [0.717, 1.165) is 11.1 Å². The summed E-state index contributed by atoms with van der Waals surface area (Å²) in [6.07, 6.45) is 1.05. The Morgan fingerprint density at radius 1 is 1.04 bits per heavy atom. The van der Waals surface area contributed by atoms with E-state index in [9.17, 15) is 9.90 Å². The average Bonchev–Trinajstić information content (AvgIpc) is 3.01. The number of carbonyl (C=O) groups is 1. The highest BCUT2D eigenvalue weighted by molar-refractivity contribution is 5.95. The van der Waals surface area contributed by atoms with Gasteiger partial charge in [-0.2, -0.15) is 0 Å². The summed E-state index contributed by atoms with van der Waals surface area (Å²) < 4.78 is 15.8. The molecule has 0 saturated heterocycles. The van der Waals surface area contributed by atoms with E-state index in [0.29, 0.717) is 35.7 Å². The number of fused-ring (bicyclic) bond motifs is 1. The highest BCUT2D eigenvalue weighted by Gasteiger charge is 2.35. The highest BCUT2D eigenvalue weighted by Crippen LogP contribution is 2.38. The fourth-order valence-corrected chi connectivity index (χ4v) is 3.36. The number of ether oxygens (including phenoxy) is 3. The molecular weight excluding hydrogens is 334 g/mol. The summed E-state index contributed by atoms with van der Waals surface area (Å²) in [5.74, 6) is 0.929. The van der Waals surface area contributed by atoms with Gasteiger partial charge in [-0.15, -0.1) is 0 Å². The Morgan fingerprint density at radius 2 is 1.58 bits per heavy atom. The molecule has 1 aliphatic carbocycles. The molecule has 0 unspecified atom stereocenters. The van der Waals surface area contributed by atoms with E-state index in [4.69, 9.17) is 14.2 Å². The molecule has 3 rings (SSSR count). The van der Waals surface area contributed by atoms with Gasteiger partial charge in [0.05, 0.1) is 26.9 Å². The summed E-state index contributed by atoms with van der Waals surface area (Å²) in [5.41, 5.74) is 1.65. The maximum atomic E-state index is 12.6. The molecule has 0 saturated carbocycles. The monoisotopic (exact) mass is 357 g/mol. The summed E-state index contributed by atoms with van der Waals surface area (Å²) in [4.78, 5) is 12.6. The first kappa shape index (κ1) is 18.1. The van der Waals surface area contributed by atoms with Crippen LogP contribution in [0, 0.1) is 0 Å². The second-order valence-electron chi connectivity index (χ2n) is 6.44. The maximum Gasteiger partial charge on any atom is 0.251 e. The Labute approximate surface area is 152 Å². The third-order valence-electron chi connectivity index (χ3n) is 4.66. The zero-order valence-electron chi connectivity index (χ0n) is 15.2. The minimum Gasteiger partial charge on any atom is -0.493 e. The molecule has 1 amide bonds. The van der Waals surface area contributed by atoms with Crippen molar-refractivity contribution in [2.24, 2.45) is 0 Å². The summed E-state index contributed by atoms with van der Waals surface area (Å²) in [6, 6.07) is 11.1. The predicted molar refractivity (Wildman–Crippen MR) is 97.2 cm³/mol. The van der Waals surface area contributed by atoms with Crippen LogP contribution in [0.25, 0.3) is 0 Å². The van der Waals surface area contributed by atoms with Gasteiger partial charge in [0.2, 0.25) is 5.75 Å². The van der Waals surface area contributed by atoms with Crippen molar-refractivity contribution < 1.29 is 24.1 Å². The predicted octanol–water partition coefficient (Wildman–Crippen LogP) is 1.97. The minimum absolute atomic E-state index is 0.164. The number of benzene rings is 2. The van der Waals surface area contributed by atoms with Crippen LogP contribution in [0.5, 0.6) is 17.2 Å². The number of methoxy groups -OCH3 is 3. The van der Waals surface area contributed by atoms with E-state index in [-0.39, 0.29) is 12.5 Å². The molecule has 0 radical (unpaired) electrons. The van der Waals surface area contributed by atoms with Crippen molar-refractivity contribution in [1.29, 1.82) is 0 Å². The molecule has 0 bridgehead atoms. The molecule has 0 atom stereocenters. The van der Waals surface area contributed by atoms with Gasteiger partial charge in [0.1, 0.15) is 0 Å². The number of amides is 1. The number of aliphatic hydroxyl groups is 1. The van der Waals surface area contributed by atoms with Gasteiger partial charge < -0.3 is 24.6 Å². The molecule has 0 aromatic heterocycles. The Balaban J connectivity index is 1.73. The third kappa shape index (κ3) is 3.46. The molecule has 2 N–H and O–H groups in total. The van der Waals surface area contributed by atoms with Crippen LogP contribution in [-0.4, -0.2) is 44.5 Å². The molecule has 2 aromatic carbocycles. The van der Waals surface area contributed by atoms with Crippen molar-refractivity contribution in [2.45, 2.75) is 18.4 Å². The molecule has 2 aromatic rings. The van der Waals surface area contributed by atoms with E-state index in [2.05, 4.69) is 5.32 Å². The fraction of sp³-hybridized carbons (Fsp3) is 0.350. The summed E-state index contributed by atoms with van der Waals surface area (Å²) in [7, 11) is 4.50. The molecule has 6 heteroatoms. The van der Waals surface area contributed by atoms with Gasteiger partial charge in [0.25, 0.3) is 5.91 Å². The lowest BCUT2D eigenvalue weighted by atomic mass is 10.0. The molecule has 0 fully saturated rings. The van der Waals surface area contributed by atoms with Crippen molar-refractivity contribution >= 4 is 5.91 Å². The number of hydrogen-bond acceptors (Lipinski definition) is 5. The molecular formula is C20H23NO5. The fourth-order valence-electron chi connectivity index (χ4n) is 3.36. The number of carbonyl (C=O) groups excluding carboxylic acids is 1. The van der Waals surface area contributed by atoms with Gasteiger partial charge in [-0.05, 0) is 23.3 Å².